The van der Waals surface area contributed by atoms with Crippen molar-refractivity contribution in [3.63, 3.8) is 0 Å². The molecule has 28 heavy (non-hydrogen) atoms. The lowest BCUT2D eigenvalue weighted by molar-refractivity contribution is -0.115. The summed E-state index contributed by atoms with van der Waals surface area (Å²) < 4.78 is 1.80. The van der Waals surface area contributed by atoms with E-state index in [2.05, 4.69) is 20.8 Å². The number of carbonyl (C=O) groups is 2. The zero-order valence-electron chi connectivity index (χ0n) is 15.3. The highest BCUT2D eigenvalue weighted by atomic mass is 32.2. The van der Waals surface area contributed by atoms with Crippen LogP contribution in [0.15, 0.2) is 59.8 Å². The minimum absolute atomic E-state index is 0.0475. The molecular weight excluding hydrogens is 374 g/mol. The maximum atomic E-state index is 13.1. The van der Waals surface area contributed by atoms with Crippen molar-refractivity contribution in [2.24, 2.45) is 0 Å². The Balaban J connectivity index is 1.60. The Morgan fingerprint density at radius 2 is 1.93 bits per heavy atom. The van der Waals surface area contributed by atoms with Crippen molar-refractivity contribution in [2.45, 2.75) is 36.2 Å². The Hall–Kier alpha value is -3.00. The summed E-state index contributed by atoms with van der Waals surface area (Å²) in [5, 5.41) is 15.0. The maximum absolute atomic E-state index is 13.1. The van der Waals surface area contributed by atoms with Gasteiger partial charge in [-0.05, 0) is 47.9 Å². The second-order valence-corrected chi connectivity index (χ2v) is 7.74. The number of nitrogens with one attached hydrogen (secondary N) is 1. The fourth-order valence-corrected chi connectivity index (χ4v) is 3.89. The lowest BCUT2D eigenvalue weighted by Crippen LogP contribution is -2.19. The van der Waals surface area contributed by atoms with E-state index in [9.17, 15) is 9.59 Å². The van der Waals surface area contributed by atoms with Crippen molar-refractivity contribution in [3.05, 3.63) is 65.7 Å². The average molecular weight is 393 g/mol. The number of rotatable bonds is 7. The van der Waals surface area contributed by atoms with Crippen molar-refractivity contribution < 1.29 is 9.59 Å². The summed E-state index contributed by atoms with van der Waals surface area (Å²) in [7, 11) is 0. The fraction of sp³-hybridized carbons (Fsp3) is 0.250. The zero-order chi connectivity index (χ0) is 19.5. The van der Waals surface area contributed by atoms with Gasteiger partial charge in [-0.25, -0.2) is 4.68 Å². The number of carbonyl (C=O) groups excluding carboxylic acids is 2. The molecule has 1 atom stereocenters. The van der Waals surface area contributed by atoms with Crippen LogP contribution in [-0.2, 0) is 4.79 Å². The molecule has 7 nitrogen and oxygen atoms in total. The molecule has 1 fully saturated rings. The molecule has 1 aliphatic rings. The lowest BCUT2D eigenvalue weighted by atomic mass is 10.1. The Labute approximate surface area is 166 Å². The van der Waals surface area contributed by atoms with Gasteiger partial charge >= 0.3 is 0 Å². The molecule has 8 heteroatoms. The van der Waals surface area contributed by atoms with Gasteiger partial charge in [0.25, 0.3) is 0 Å². The molecular formula is C20H19N5O2S. The molecule has 1 N–H and O–H groups in total. The topological polar surface area (TPSA) is 89.8 Å². The van der Waals surface area contributed by atoms with Gasteiger partial charge in [0.15, 0.2) is 5.78 Å². The van der Waals surface area contributed by atoms with Gasteiger partial charge in [0, 0.05) is 11.3 Å². The maximum Gasteiger partial charge on any atom is 0.242 e. The van der Waals surface area contributed by atoms with Gasteiger partial charge in [-0.1, -0.05) is 54.2 Å². The first-order valence-corrected chi connectivity index (χ1v) is 9.91. The highest BCUT2D eigenvalue weighted by Gasteiger charge is 2.31. The van der Waals surface area contributed by atoms with Crippen LogP contribution in [-0.4, -0.2) is 31.9 Å². The van der Waals surface area contributed by atoms with Crippen LogP contribution >= 0.6 is 11.8 Å². The van der Waals surface area contributed by atoms with Crippen LogP contribution in [0.4, 0.5) is 5.69 Å². The molecule has 1 aliphatic carbocycles. The van der Waals surface area contributed by atoms with Gasteiger partial charge < -0.3 is 5.32 Å². The second kappa shape index (κ2) is 7.93. The molecule has 0 radical (unpaired) electrons. The van der Waals surface area contributed by atoms with Gasteiger partial charge in [-0.3, -0.25) is 9.59 Å². The molecule has 0 saturated heterocycles. The van der Waals surface area contributed by atoms with E-state index in [0.29, 0.717) is 22.4 Å². The van der Waals surface area contributed by atoms with Gasteiger partial charge in [-0.2, -0.15) is 0 Å². The highest BCUT2D eigenvalue weighted by molar-refractivity contribution is 8.00. The van der Waals surface area contributed by atoms with Crippen molar-refractivity contribution in [2.75, 3.05) is 5.32 Å². The summed E-state index contributed by atoms with van der Waals surface area (Å²) >= 11 is 1.33. The van der Waals surface area contributed by atoms with Crippen LogP contribution < -0.4 is 5.32 Å². The number of tetrazole rings is 1. The van der Waals surface area contributed by atoms with E-state index in [1.54, 1.807) is 28.9 Å². The van der Waals surface area contributed by atoms with Crippen LogP contribution in [0.3, 0.4) is 0 Å². The summed E-state index contributed by atoms with van der Waals surface area (Å²) in [4.78, 5) is 24.7. The highest BCUT2D eigenvalue weighted by Crippen LogP contribution is 2.40. The molecule has 1 amide bonds. The third kappa shape index (κ3) is 4.12. The number of thioether (sulfide) groups is 1. The normalized spacial score (nSPS) is 14.5. The standard InChI is InChI=1S/C20H19N5O2S/c1-13(26)15-8-5-9-16(12-15)21-19(27)18(14-6-3-2-4-7-14)28-20-22-23-24-25(20)17-10-11-17/h2-9,12,17-18H,10-11H2,1H3,(H,21,27)/t18-/m0/s1. The van der Waals surface area contributed by atoms with E-state index < -0.39 is 5.25 Å². The third-order valence-electron chi connectivity index (χ3n) is 4.46. The predicted octanol–water partition coefficient (Wildman–Crippen LogP) is 3.68. The summed E-state index contributed by atoms with van der Waals surface area (Å²) in [6, 6.07) is 16.8. The van der Waals surface area contributed by atoms with E-state index in [4.69, 9.17) is 0 Å². The number of Topliss-reactive ketones (excluding diaryl/α,β-unsaturated/α-hetero) is 1. The third-order valence-corrected chi connectivity index (χ3v) is 5.66. The van der Waals surface area contributed by atoms with Crippen LogP contribution in [0.1, 0.15) is 47.0 Å². The number of hydrogen-bond acceptors (Lipinski definition) is 6. The first-order valence-electron chi connectivity index (χ1n) is 9.03. The number of aromatic nitrogens is 4. The molecule has 3 aromatic rings. The van der Waals surface area contributed by atoms with E-state index in [1.807, 2.05) is 30.3 Å². The average Bonchev–Trinajstić information content (AvgIpc) is 3.45. The molecule has 0 unspecified atom stereocenters. The van der Waals surface area contributed by atoms with Gasteiger partial charge in [-0.15, -0.1) is 5.10 Å². The van der Waals surface area contributed by atoms with Gasteiger partial charge in [0.2, 0.25) is 11.1 Å². The number of amides is 1. The summed E-state index contributed by atoms with van der Waals surface area (Å²) in [6.07, 6.45) is 2.11. The number of hydrogen-bond donors (Lipinski definition) is 1. The fourth-order valence-electron chi connectivity index (χ4n) is 2.84. The molecule has 1 saturated carbocycles. The summed E-state index contributed by atoms with van der Waals surface area (Å²) in [5.41, 5.74) is 2.00. The largest absolute Gasteiger partial charge is 0.325 e. The van der Waals surface area contributed by atoms with Crippen molar-refractivity contribution in [3.8, 4) is 0 Å². The van der Waals surface area contributed by atoms with E-state index in [1.165, 1.54) is 18.7 Å². The monoisotopic (exact) mass is 393 g/mol. The van der Waals surface area contributed by atoms with Crippen molar-refractivity contribution >= 4 is 29.1 Å². The molecule has 1 heterocycles. The smallest absolute Gasteiger partial charge is 0.242 e. The van der Waals surface area contributed by atoms with Crippen LogP contribution in [0, 0.1) is 0 Å². The Kier molecular flexibility index (Phi) is 5.21. The first-order chi connectivity index (χ1) is 13.6. The van der Waals surface area contributed by atoms with Crippen LogP contribution in [0.25, 0.3) is 0 Å². The Bertz CT molecular complexity index is 1000. The first kappa shape index (κ1) is 18.4. The predicted molar refractivity (Wildman–Crippen MR) is 106 cm³/mol. The molecule has 4 rings (SSSR count). The van der Waals surface area contributed by atoms with Crippen LogP contribution in [0.2, 0.25) is 0 Å². The van der Waals surface area contributed by atoms with Gasteiger partial charge in [0.1, 0.15) is 5.25 Å². The SMILES string of the molecule is CC(=O)c1cccc(NC(=O)[C@@H](Sc2nnnn2C2CC2)c2ccccc2)c1. The summed E-state index contributed by atoms with van der Waals surface area (Å²) in [5.74, 6) is -0.240. The number of benzene rings is 2. The Morgan fingerprint density at radius 3 is 2.64 bits per heavy atom. The molecule has 0 aliphatic heterocycles. The minimum Gasteiger partial charge on any atom is -0.325 e. The molecule has 2 aromatic carbocycles. The number of ketones is 1. The quantitative estimate of drug-likeness (QED) is 0.486. The van der Waals surface area contributed by atoms with E-state index in [0.717, 1.165) is 18.4 Å². The zero-order valence-corrected chi connectivity index (χ0v) is 16.1. The molecule has 1 aromatic heterocycles. The van der Waals surface area contributed by atoms with E-state index in [-0.39, 0.29) is 11.7 Å². The van der Waals surface area contributed by atoms with Crippen molar-refractivity contribution in [1.82, 2.24) is 20.2 Å². The van der Waals surface area contributed by atoms with Gasteiger partial charge in [0.05, 0.1) is 6.04 Å². The second-order valence-electron chi connectivity index (χ2n) is 6.67. The minimum atomic E-state index is -0.523. The van der Waals surface area contributed by atoms with E-state index >= 15 is 0 Å². The number of anilines is 1. The molecule has 142 valence electrons. The number of nitrogens with zero attached hydrogens (tertiary/aromatic N) is 4. The molecule has 0 bridgehead atoms. The lowest BCUT2D eigenvalue weighted by Gasteiger charge is -2.16. The Morgan fingerprint density at radius 1 is 1.14 bits per heavy atom. The molecule has 0 spiro atoms. The summed E-state index contributed by atoms with van der Waals surface area (Å²) in [6.45, 7) is 1.50. The van der Waals surface area contributed by atoms with Crippen molar-refractivity contribution in [1.29, 1.82) is 0 Å². The van der Waals surface area contributed by atoms with Crippen LogP contribution in [0.5, 0.6) is 0 Å².